The molecule has 2 unspecified atom stereocenters. The number of fused-ring (bicyclic) bond motifs is 1. The molecule has 7 rings (SSSR count). The molecule has 0 heterocycles. The second kappa shape index (κ2) is 17.1. The summed E-state index contributed by atoms with van der Waals surface area (Å²) < 4.78 is 0. The second-order valence-electron chi connectivity index (χ2n) is 13.8. The van der Waals surface area contributed by atoms with Crippen LogP contribution in [0.2, 0.25) is 0 Å². The number of benzene rings is 6. The van der Waals surface area contributed by atoms with Gasteiger partial charge in [-0.2, -0.15) is 0 Å². The van der Waals surface area contributed by atoms with Gasteiger partial charge in [-0.15, -0.1) is 0 Å². The molecule has 55 heavy (non-hydrogen) atoms. The third-order valence-corrected chi connectivity index (χ3v) is 10.6. The van der Waals surface area contributed by atoms with Crippen molar-refractivity contribution in [3.05, 3.63) is 228 Å². The summed E-state index contributed by atoms with van der Waals surface area (Å²) in [5, 5.41) is 14.0. The second-order valence-corrected chi connectivity index (χ2v) is 13.8. The summed E-state index contributed by atoms with van der Waals surface area (Å²) in [5.41, 5.74) is 21.3. The third kappa shape index (κ3) is 8.18. The van der Waals surface area contributed by atoms with E-state index in [2.05, 4.69) is 183 Å². The van der Waals surface area contributed by atoms with Crippen molar-refractivity contribution in [2.24, 2.45) is 11.7 Å². The average Bonchev–Trinajstić information content (AvgIpc) is 3.24. The Morgan fingerprint density at radius 2 is 1.38 bits per heavy atom. The Labute approximate surface area is 325 Å². The van der Waals surface area contributed by atoms with E-state index in [4.69, 9.17) is 11.1 Å². The summed E-state index contributed by atoms with van der Waals surface area (Å²) in [6.45, 7) is 8.12. The minimum absolute atomic E-state index is 0.243. The van der Waals surface area contributed by atoms with Crippen LogP contribution in [0.25, 0.3) is 38.6 Å². The monoisotopic (exact) mass is 713 g/mol. The summed E-state index contributed by atoms with van der Waals surface area (Å²) in [5.74, 6) is 0.243. The topological polar surface area (TPSA) is 61.9 Å². The molecule has 0 aromatic heterocycles. The van der Waals surface area contributed by atoms with E-state index in [0.717, 1.165) is 67.9 Å². The molecule has 0 amide bonds. The number of allylic oxidation sites excluding steroid dienone is 8. The third-order valence-electron chi connectivity index (χ3n) is 10.6. The Bertz CT molecular complexity index is 2470. The zero-order valence-electron chi connectivity index (χ0n) is 31.5. The van der Waals surface area contributed by atoms with Crippen LogP contribution < -0.4 is 11.1 Å². The molecule has 0 radical (unpaired) electrons. The number of hydrogen-bond acceptors (Lipinski definition) is 3. The van der Waals surface area contributed by atoms with Gasteiger partial charge in [-0.1, -0.05) is 164 Å². The Kier molecular flexibility index (Phi) is 11.4. The van der Waals surface area contributed by atoms with E-state index in [9.17, 15) is 0 Å². The maximum atomic E-state index is 7.90. The van der Waals surface area contributed by atoms with Crippen molar-refractivity contribution in [1.29, 1.82) is 5.41 Å². The molecule has 1 aliphatic rings. The molecule has 4 N–H and O–H groups in total. The van der Waals surface area contributed by atoms with E-state index in [0.29, 0.717) is 0 Å². The van der Waals surface area contributed by atoms with Crippen LogP contribution in [0.3, 0.4) is 0 Å². The van der Waals surface area contributed by atoms with Crippen LogP contribution in [0, 0.1) is 11.3 Å². The maximum Gasteiger partial charge on any atom is 0.0496 e. The van der Waals surface area contributed by atoms with Crippen molar-refractivity contribution in [3.8, 4) is 11.1 Å². The number of nitrogens with one attached hydrogen (secondary N) is 2. The van der Waals surface area contributed by atoms with Crippen molar-refractivity contribution < 1.29 is 0 Å². The predicted molar refractivity (Wildman–Crippen MR) is 237 cm³/mol. The highest BCUT2D eigenvalue weighted by molar-refractivity contribution is 6.08. The zero-order chi connectivity index (χ0) is 38.1. The van der Waals surface area contributed by atoms with Gasteiger partial charge in [0.1, 0.15) is 0 Å². The van der Waals surface area contributed by atoms with E-state index < -0.39 is 0 Å². The molecule has 6 aromatic rings. The smallest absolute Gasteiger partial charge is 0.0496 e. The van der Waals surface area contributed by atoms with Crippen molar-refractivity contribution >= 4 is 39.4 Å². The molecule has 3 nitrogen and oxygen atoms in total. The summed E-state index contributed by atoms with van der Waals surface area (Å²) in [6, 6.07) is 51.0. The molecule has 0 saturated carbocycles. The quantitative estimate of drug-likeness (QED) is 0.0873. The van der Waals surface area contributed by atoms with Crippen LogP contribution in [0.15, 0.2) is 200 Å². The fourth-order valence-corrected chi connectivity index (χ4v) is 7.56. The molecule has 1 aliphatic carbocycles. The van der Waals surface area contributed by atoms with Gasteiger partial charge in [0, 0.05) is 29.6 Å². The van der Waals surface area contributed by atoms with E-state index >= 15 is 0 Å². The van der Waals surface area contributed by atoms with Crippen LogP contribution in [-0.4, -0.2) is 6.21 Å². The van der Waals surface area contributed by atoms with Crippen molar-refractivity contribution in [2.75, 3.05) is 5.32 Å². The molecule has 0 saturated heterocycles. The summed E-state index contributed by atoms with van der Waals surface area (Å²) in [4.78, 5) is 0. The summed E-state index contributed by atoms with van der Waals surface area (Å²) >= 11 is 0. The number of rotatable bonds is 12. The average molecular weight is 714 g/mol. The lowest BCUT2D eigenvalue weighted by Gasteiger charge is -2.25. The first kappa shape index (κ1) is 36.8. The zero-order valence-corrected chi connectivity index (χ0v) is 31.5. The van der Waals surface area contributed by atoms with Crippen LogP contribution in [0.5, 0.6) is 0 Å². The Balaban J connectivity index is 1.16. The number of nitrogens with two attached hydrogens (primary N) is 1. The maximum absolute atomic E-state index is 7.90. The largest absolute Gasteiger partial charge is 0.355 e. The highest BCUT2D eigenvalue weighted by Gasteiger charge is 2.21. The minimum atomic E-state index is -0.273. The summed E-state index contributed by atoms with van der Waals surface area (Å²) in [7, 11) is 0. The fourth-order valence-electron chi connectivity index (χ4n) is 7.56. The van der Waals surface area contributed by atoms with Gasteiger partial charge in [0.25, 0.3) is 0 Å². The van der Waals surface area contributed by atoms with Gasteiger partial charge in [-0.25, -0.2) is 0 Å². The molecule has 0 spiro atoms. The normalized spacial score (nSPS) is 15.5. The number of anilines is 1. The molecule has 0 bridgehead atoms. The van der Waals surface area contributed by atoms with Gasteiger partial charge in [-0.05, 0) is 117 Å². The number of hydrogen-bond donors (Lipinski definition) is 3. The van der Waals surface area contributed by atoms with Crippen LogP contribution in [0.4, 0.5) is 5.69 Å². The van der Waals surface area contributed by atoms with E-state index in [1.54, 1.807) is 0 Å². The standard InChI is InChI=1S/C52H47N3/c1-4-36(5-2)44-28-31-52(50(33-44)45-19-12-18-43(32-45)37(6-3)35-53)55-46-29-26-39(27-30-46)38-22-24-42(25-23-38)49(41-14-8-7-9-15-41)34-51(54)48-21-13-17-40-16-10-11-20-47(40)48/h4-32,34-35,44,51,53,55H,1,33,54H2,2-3H3/b36-5+,37-6+,49-34+,53-35?. The van der Waals surface area contributed by atoms with E-state index in [-0.39, 0.29) is 12.0 Å². The minimum Gasteiger partial charge on any atom is -0.355 e. The molecule has 2 atom stereocenters. The first-order valence-electron chi connectivity index (χ1n) is 19.0. The van der Waals surface area contributed by atoms with E-state index in [1.807, 2.05) is 25.1 Å². The lowest BCUT2D eigenvalue weighted by atomic mass is 9.83. The molecular formula is C52H47N3. The molecule has 0 fully saturated rings. The van der Waals surface area contributed by atoms with Crippen molar-refractivity contribution in [2.45, 2.75) is 26.3 Å². The van der Waals surface area contributed by atoms with Gasteiger partial charge in [0.05, 0.1) is 0 Å². The Hall–Kier alpha value is -6.55. The van der Waals surface area contributed by atoms with Gasteiger partial charge < -0.3 is 16.5 Å². The lowest BCUT2D eigenvalue weighted by Crippen LogP contribution is -2.11. The first-order valence-corrected chi connectivity index (χ1v) is 19.0. The van der Waals surface area contributed by atoms with Gasteiger partial charge in [-0.3, -0.25) is 0 Å². The van der Waals surface area contributed by atoms with Crippen LogP contribution >= 0.6 is 0 Å². The fraction of sp³-hybridized carbons (Fsp3) is 0.0962. The predicted octanol–water partition coefficient (Wildman–Crippen LogP) is 13.2. The molecule has 270 valence electrons. The highest BCUT2D eigenvalue weighted by atomic mass is 14.9. The molecule has 0 aliphatic heterocycles. The molecule has 3 heteroatoms. The van der Waals surface area contributed by atoms with Crippen molar-refractivity contribution in [1.82, 2.24) is 0 Å². The van der Waals surface area contributed by atoms with E-state index in [1.165, 1.54) is 28.1 Å². The van der Waals surface area contributed by atoms with Crippen LogP contribution in [0.1, 0.15) is 54.1 Å². The van der Waals surface area contributed by atoms with Gasteiger partial charge in [0.15, 0.2) is 0 Å². The summed E-state index contributed by atoms with van der Waals surface area (Å²) in [6.07, 6.45) is 15.0. The lowest BCUT2D eigenvalue weighted by molar-refractivity contribution is 0.793. The molecular weight excluding hydrogens is 667 g/mol. The van der Waals surface area contributed by atoms with Gasteiger partial charge >= 0.3 is 0 Å². The van der Waals surface area contributed by atoms with Crippen molar-refractivity contribution in [3.63, 3.8) is 0 Å². The molecule has 6 aromatic carbocycles. The Morgan fingerprint density at radius 3 is 2.09 bits per heavy atom. The Morgan fingerprint density at radius 1 is 0.727 bits per heavy atom. The first-order chi connectivity index (χ1) is 27.0. The SMILES string of the molecule is C=C/C(=C\C)C1C=CC(Nc2ccc(-c3ccc(/C(=C/C(N)c4cccc5ccccc45)c4ccccc4)cc3)cc2)=C(c2cccc(/C(C=N)=C/C)c2)C1. The van der Waals surface area contributed by atoms with Gasteiger partial charge in [0.2, 0.25) is 0 Å². The highest BCUT2D eigenvalue weighted by Crippen LogP contribution is 2.37. The van der Waals surface area contributed by atoms with Crippen LogP contribution in [-0.2, 0) is 0 Å².